The number of amides is 1. The van der Waals surface area contributed by atoms with Crippen molar-refractivity contribution < 1.29 is 24.2 Å². The molecule has 1 heterocycles. The molecule has 1 atom stereocenters. The minimum Gasteiger partial charge on any atom is -0.486 e. The Hall–Kier alpha value is -2.50. The van der Waals surface area contributed by atoms with Crippen LogP contribution in [0.5, 0.6) is 11.5 Å². The van der Waals surface area contributed by atoms with Crippen molar-refractivity contribution in [2.75, 3.05) is 13.2 Å². The summed E-state index contributed by atoms with van der Waals surface area (Å²) in [6.07, 6.45) is 1.44. The lowest BCUT2D eigenvalue weighted by Crippen LogP contribution is -2.40. The zero-order valence-corrected chi connectivity index (χ0v) is 10.0. The summed E-state index contributed by atoms with van der Waals surface area (Å²) < 4.78 is 11.1. The van der Waals surface area contributed by atoms with E-state index in [-0.39, 0.29) is 12.6 Å². The summed E-state index contributed by atoms with van der Waals surface area (Å²) >= 11 is 0. The van der Waals surface area contributed by atoms with Crippen molar-refractivity contribution >= 4 is 11.9 Å². The van der Waals surface area contributed by atoms with Gasteiger partial charge in [-0.3, -0.25) is 4.79 Å². The van der Waals surface area contributed by atoms with Gasteiger partial charge in [-0.05, 0) is 12.1 Å². The molecule has 1 aromatic carbocycles. The fourth-order valence-corrected chi connectivity index (χ4v) is 1.58. The minimum atomic E-state index is -1.17. The topological polar surface area (TPSA) is 84.9 Å². The Labute approximate surface area is 109 Å². The standard InChI is InChI=1S/C13H13NO5/c15-12(5-6-13(16)17)14-7-9-8-18-10-3-1-2-4-11(10)19-9/h1-6,9H,7-8H2,(H,14,15)(H,16,17)/b6-5-. The quantitative estimate of drug-likeness (QED) is 0.776. The smallest absolute Gasteiger partial charge is 0.328 e. The van der Waals surface area contributed by atoms with Crippen molar-refractivity contribution in [2.45, 2.75) is 6.10 Å². The second kappa shape index (κ2) is 5.90. The van der Waals surface area contributed by atoms with Gasteiger partial charge in [-0.25, -0.2) is 4.79 Å². The summed E-state index contributed by atoms with van der Waals surface area (Å²) in [6.45, 7) is 0.580. The van der Waals surface area contributed by atoms with Gasteiger partial charge >= 0.3 is 5.97 Å². The summed E-state index contributed by atoms with van der Waals surface area (Å²) in [5.74, 6) is -0.337. The summed E-state index contributed by atoms with van der Waals surface area (Å²) in [4.78, 5) is 21.5. The van der Waals surface area contributed by atoms with Crippen LogP contribution in [0.3, 0.4) is 0 Å². The van der Waals surface area contributed by atoms with E-state index in [0.29, 0.717) is 18.1 Å². The van der Waals surface area contributed by atoms with Crippen LogP contribution in [0.2, 0.25) is 0 Å². The fourth-order valence-electron chi connectivity index (χ4n) is 1.58. The van der Waals surface area contributed by atoms with E-state index >= 15 is 0 Å². The van der Waals surface area contributed by atoms with E-state index in [0.717, 1.165) is 12.2 Å². The molecule has 2 rings (SSSR count). The maximum absolute atomic E-state index is 11.3. The number of hydrogen-bond donors (Lipinski definition) is 2. The summed E-state index contributed by atoms with van der Waals surface area (Å²) in [5.41, 5.74) is 0. The number of rotatable bonds is 4. The number of ether oxygens (including phenoxy) is 2. The number of hydrogen-bond acceptors (Lipinski definition) is 4. The van der Waals surface area contributed by atoms with Crippen molar-refractivity contribution in [2.24, 2.45) is 0 Å². The van der Waals surface area contributed by atoms with Crippen LogP contribution in [-0.4, -0.2) is 36.2 Å². The van der Waals surface area contributed by atoms with Crippen LogP contribution < -0.4 is 14.8 Å². The van der Waals surface area contributed by atoms with Gasteiger partial charge in [0.15, 0.2) is 11.5 Å². The van der Waals surface area contributed by atoms with Crippen molar-refractivity contribution in [1.82, 2.24) is 5.32 Å². The van der Waals surface area contributed by atoms with Crippen LogP contribution in [0.15, 0.2) is 36.4 Å². The Morgan fingerprint density at radius 2 is 2.05 bits per heavy atom. The molecule has 0 saturated carbocycles. The van der Waals surface area contributed by atoms with Crippen LogP contribution in [0.4, 0.5) is 0 Å². The molecule has 0 spiro atoms. The van der Waals surface area contributed by atoms with Gasteiger partial charge in [-0.15, -0.1) is 0 Å². The first-order valence-corrected chi connectivity index (χ1v) is 5.72. The highest BCUT2D eigenvalue weighted by Crippen LogP contribution is 2.30. The van der Waals surface area contributed by atoms with Crippen molar-refractivity contribution in [3.05, 3.63) is 36.4 Å². The Kier molecular flexibility index (Phi) is 4.02. The molecule has 0 aliphatic carbocycles. The molecule has 1 aromatic rings. The predicted octanol–water partition coefficient (Wildman–Crippen LogP) is 0.583. The van der Waals surface area contributed by atoms with Crippen LogP contribution in [0.1, 0.15) is 0 Å². The van der Waals surface area contributed by atoms with Gasteiger partial charge in [0.25, 0.3) is 0 Å². The van der Waals surface area contributed by atoms with Gasteiger partial charge in [-0.1, -0.05) is 12.1 Å². The van der Waals surface area contributed by atoms with E-state index in [2.05, 4.69) is 5.32 Å². The lowest BCUT2D eigenvalue weighted by molar-refractivity contribution is -0.131. The van der Waals surface area contributed by atoms with E-state index < -0.39 is 11.9 Å². The molecule has 6 nitrogen and oxygen atoms in total. The average Bonchev–Trinajstić information content (AvgIpc) is 2.42. The number of carbonyl (C=O) groups is 2. The highest BCUT2D eigenvalue weighted by Gasteiger charge is 2.20. The Bertz CT molecular complexity index is 512. The molecule has 1 unspecified atom stereocenters. The second-order valence-electron chi connectivity index (χ2n) is 3.91. The molecule has 1 amide bonds. The van der Waals surface area contributed by atoms with E-state index in [4.69, 9.17) is 14.6 Å². The summed E-state index contributed by atoms with van der Waals surface area (Å²) in [6, 6.07) is 7.27. The molecule has 19 heavy (non-hydrogen) atoms. The second-order valence-corrected chi connectivity index (χ2v) is 3.91. The number of benzene rings is 1. The van der Waals surface area contributed by atoms with Crippen LogP contribution >= 0.6 is 0 Å². The molecule has 0 saturated heterocycles. The number of carboxylic acids is 1. The van der Waals surface area contributed by atoms with Gasteiger partial charge < -0.3 is 19.9 Å². The molecular formula is C13H13NO5. The zero-order valence-electron chi connectivity index (χ0n) is 10.0. The average molecular weight is 263 g/mol. The van der Waals surface area contributed by atoms with Gasteiger partial charge in [0, 0.05) is 12.2 Å². The van der Waals surface area contributed by atoms with Crippen LogP contribution in [0.25, 0.3) is 0 Å². The van der Waals surface area contributed by atoms with E-state index in [9.17, 15) is 9.59 Å². The lowest BCUT2D eigenvalue weighted by Gasteiger charge is -2.26. The maximum atomic E-state index is 11.3. The third kappa shape index (κ3) is 3.74. The monoisotopic (exact) mass is 263 g/mol. The first-order valence-electron chi connectivity index (χ1n) is 5.72. The third-order valence-corrected chi connectivity index (χ3v) is 2.45. The normalized spacial score (nSPS) is 17.2. The number of carboxylic acid groups (broad SMARTS) is 1. The molecule has 6 heteroatoms. The molecule has 1 aliphatic heterocycles. The Balaban J connectivity index is 1.83. The Morgan fingerprint density at radius 3 is 2.79 bits per heavy atom. The molecule has 0 bridgehead atoms. The molecule has 0 aromatic heterocycles. The van der Waals surface area contributed by atoms with E-state index in [1.807, 2.05) is 12.1 Å². The predicted molar refractivity (Wildman–Crippen MR) is 66.1 cm³/mol. The molecular weight excluding hydrogens is 250 g/mol. The Morgan fingerprint density at radius 1 is 1.32 bits per heavy atom. The van der Waals surface area contributed by atoms with Crippen molar-refractivity contribution in [1.29, 1.82) is 0 Å². The van der Waals surface area contributed by atoms with Gasteiger partial charge in [-0.2, -0.15) is 0 Å². The van der Waals surface area contributed by atoms with Gasteiger partial charge in [0.1, 0.15) is 12.7 Å². The number of fused-ring (bicyclic) bond motifs is 1. The lowest BCUT2D eigenvalue weighted by atomic mass is 10.2. The first-order chi connectivity index (χ1) is 9.15. The zero-order chi connectivity index (χ0) is 13.7. The van der Waals surface area contributed by atoms with Crippen molar-refractivity contribution in [3.8, 4) is 11.5 Å². The fraction of sp³-hybridized carbons (Fsp3) is 0.231. The minimum absolute atomic E-state index is 0.247. The molecule has 100 valence electrons. The largest absolute Gasteiger partial charge is 0.486 e. The first kappa shape index (κ1) is 12.9. The summed E-state index contributed by atoms with van der Waals surface area (Å²) in [7, 11) is 0. The third-order valence-electron chi connectivity index (χ3n) is 2.45. The molecule has 1 aliphatic rings. The number of aliphatic carboxylic acids is 1. The number of nitrogens with one attached hydrogen (secondary N) is 1. The number of carbonyl (C=O) groups excluding carboxylic acids is 1. The van der Waals surface area contributed by atoms with Crippen LogP contribution in [0, 0.1) is 0 Å². The highest BCUT2D eigenvalue weighted by atomic mass is 16.6. The summed E-state index contributed by atoms with van der Waals surface area (Å²) in [5, 5.41) is 10.9. The molecule has 0 radical (unpaired) electrons. The molecule has 0 fully saturated rings. The van der Waals surface area contributed by atoms with E-state index in [1.165, 1.54) is 0 Å². The van der Waals surface area contributed by atoms with Crippen molar-refractivity contribution in [3.63, 3.8) is 0 Å². The van der Waals surface area contributed by atoms with E-state index in [1.54, 1.807) is 12.1 Å². The molecule has 2 N–H and O–H groups in total. The van der Waals surface area contributed by atoms with Crippen LogP contribution in [-0.2, 0) is 9.59 Å². The highest BCUT2D eigenvalue weighted by molar-refractivity contribution is 5.93. The van der Waals surface area contributed by atoms with Gasteiger partial charge in [0.2, 0.25) is 5.91 Å². The van der Waals surface area contributed by atoms with Gasteiger partial charge in [0.05, 0.1) is 6.54 Å². The SMILES string of the molecule is O=C(O)/C=C\C(=O)NCC1COc2ccccc2O1. The number of para-hydroxylation sites is 2. The maximum Gasteiger partial charge on any atom is 0.328 e.